The molecule has 1 aliphatic rings. The van der Waals surface area contributed by atoms with Crippen LogP contribution in [0.5, 0.6) is 0 Å². The highest BCUT2D eigenvalue weighted by atomic mass is 127. The van der Waals surface area contributed by atoms with Gasteiger partial charge < -0.3 is 4.90 Å². The average Bonchev–Trinajstić information content (AvgIpc) is 2.19. The van der Waals surface area contributed by atoms with Gasteiger partial charge in [-0.3, -0.25) is 0 Å². The van der Waals surface area contributed by atoms with Crippen molar-refractivity contribution in [1.29, 1.82) is 0 Å². The molecule has 1 nitrogen and oxygen atoms in total. The molecule has 1 unspecified atom stereocenters. The standard InChI is InChI=1S/C14H20IN.ClH/c1-11(16(2)3)14(9-4-10-14)12-5-7-13(15)8-6-12;/h5-8,11H,4,9-10H2,1-3H3;1H. The second kappa shape index (κ2) is 5.89. The number of halogens is 2. The van der Waals surface area contributed by atoms with E-state index in [9.17, 15) is 0 Å². The quantitative estimate of drug-likeness (QED) is 0.729. The number of hydrogen-bond acceptors (Lipinski definition) is 1. The lowest BCUT2D eigenvalue weighted by molar-refractivity contribution is 0.109. The Kier molecular flexibility index (Phi) is 5.29. The van der Waals surface area contributed by atoms with Crippen LogP contribution in [0.3, 0.4) is 0 Å². The van der Waals surface area contributed by atoms with E-state index in [-0.39, 0.29) is 12.4 Å². The highest BCUT2D eigenvalue weighted by Gasteiger charge is 2.44. The van der Waals surface area contributed by atoms with E-state index in [0.717, 1.165) is 0 Å². The maximum atomic E-state index is 2.38. The van der Waals surface area contributed by atoms with Crippen molar-refractivity contribution in [3.63, 3.8) is 0 Å². The molecule has 1 atom stereocenters. The predicted octanol–water partition coefficient (Wildman–Crippen LogP) is 4.08. The molecule has 1 fully saturated rings. The van der Waals surface area contributed by atoms with Crippen molar-refractivity contribution < 1.29 is 0 Å². The van der Waals surface area contributed by atoms with Gasteiger partial charge in [-0.1, -0.05) is 18.6 Å². The monoisotopic (exact) mass is 365 g/mol. The molecule has 0 radical (unpaired) electrons. The van der Waals surface area contributed by atoms with Gasteiger partial charge in [-0.2, -0.15) is 0 Å². The molecule has 0 amide bonds. The lowest BCUT2D eigenvalue weighted by Gasteiger charge is -2.49. The Bertz CT molecular complexity index is 357. The molecule has 2 rings (SSSR count). The van der Waals surface area contributed by atoms with E-state index >= 15 is 0 Å². The number of likely N-dealkylation sites (N-methyl/N-ethyl adjacent to an activating group) is 1. The summed E-state index contributed by atoms with van der Waals surface area (Å²) in [5, 5.41) is 0. The van der Waals surface area contributed by atoms with E-state index in [4.69, 9.17) is 0 Å². The minimum Gasteiger partial charge on any atom is -0.306 e. The first kappa shape index (κ1) is 15.3. The summed E-state index contributed by atoms with van der Waals surface area (Å²) in [5.74, 6) is 0. The van der Waals surface area contributed by atoms with Crippen molar-refractivity contribution in [2.75, 3.05) is 14.1 Å². The van der Waals surface area contributed by atoms with E-state index in [1.54, 1.807) is 0 Å². The maximum Gasteiger partial charge on any atom is 0.0158 e. The fourth-order valence-corrected chi connectivity index (χ4v) is 3.14. The molecule has 1 aliphatic carbocycles. The summed E-state index contributed by atoms with van der Waals surface area (Å²) in [6, 6.07) is 9.74. The van der Waals surface area contributed by atoms with E-state index < -0.39 is 0 Å². The van der Waals surface area contributed by atoms with E-state index in [0.29, 0.717) is 11.5 Å². The molecule has 0 spiro atoms. The lowest BCUT2D eigenvalue weighted by atomic mass is 9.60. The Labute approximate surface area is 125 Å². The fourth-order valence-electron chi connectivity index (χ4n) is 2.78. The number of rotatable bonds is 3. The zero-order chi connectivity index (χ0) is 11.8. The molecule has 0 bridgehead atoms. The predicted molar refractivity (Wildman–Crippen MR) is 85.1 cm³/mol. The molecular formula is C14H21ClIN. The normalized spacial score (nSPS) is 19.4. The van der Waals surface area contributed by atoms with Crippen LogP contribution in [0.1, 0.15) is 31.7 Å². The molecule has 0 aromatic heterocycles. The highest BCUT2D eigenvalue weighted by molar-refractivity contribution is 14.1. The smallest absolute Gasteiger partial charge is 0.0158 e. The number of hydrogen-bond donors (Lipinski definition) is 0. The molecular weight excluding hydrogens is 345 g/mol. The van der Waals surface area contributed by atoms with Gasteiger partial charge in [0.15, 0.2) is 0 Å². The highest BCUT2D eigenvalue weighted by Crippen LogP contribution is 2.47. The van der Waals surface area contributed by atoms with Crippen molar-refractivity contribution >= 4 is 35.0 Å². The molecule has 0 N–H and O–H groups in total. The molecule has 1 aromatic rings. The van der Waals surface area contributed by atoms with Crippen LogP contribution in [0, 0.1) is 3.57 Å². The van der Waals surface area contributed by atoms with Crippen LogP contribution in [0.25, 0.3) is 0 Å². The lowest BCUT2D eigenvalue weighted by Crippen LogP contribution is -2.50. The molecule has 96 valence electrons. The summed E-state index contributed by atoms with van der Waals surface area (Å²) in [5.41, 5.74) is 1.94. The van der Waals surface area contributed by atoms with Crippen molar-refractivity contribution in [3.8, 4) is 0 Å². The average molecular weight is 366 g/mol. The molecule has 1 aromatic carbocycles. The first-order valence-corrected chi connectivity index (χ1v) is 7.06. The van der Waals surface area contributed by atoms with Crippen molar-refractivity contribution in [2.45, 2.75) is 37.6 Å². The molecule has 0 aliphatic heterocycles. The van der Waals surface area contributed by atoms with Gasteiger partial charge in [0.25, 0.3) is 0 Å². The van der Waals surface area contributed by atoms with Crippen LogP contribution in [0.15, 0.2) is 24.3 Å². The van der Waals surface area contributed by atoms with Gasteiger partial charge in [-0.05, 0) is 74.1 Å². The summed E-state index contributed by atoms with van der Waals surface area (Å²) in [6.07, 6.45) is 4.06. The van der Waals surface area contributed by atoms with Gasteiger partial charge in [-0.15, -0.1) is 12.4 Å². The minimum absolute atomic E-state index is 0. The summed E-state index contributed by atoms with van der Waals surface area (Å²) in [7, 11) is 4.38. The van der Waals surface area contributed by atoms with Gasteiger partial charge >= 0.3 is 0 Å². The van der Waals surface area contributed by atoms with Crippen molar-refractivity contribution in [1.82, 2.24) is 4.90 Å². The third kappa shape index (κ3) is 2.79. The van der Waals surface area contributed by atoms with E-state index in [1.807, 2.05) is 0 Å². The SMILES string of the molecule is CC(N(C)C)C1(c2ccc(I)cc2)CCC1.Cl. The Balaban J connectivity index is 0.00000144. The number of nitrogens with zero attached hydrogens (tertiary/aromatic N) is 1. The van der Waals surface area contributed by atoms with E-state index in [1.165, 1.54) is 28.4 Å². The molecule has 3 heteroatoms. The Morgan fingerprint density at radius 3 is 2.06 bits per heavy atom. The van der Waals surface area contributed by atoms with Crippen LogP contribution in [0.2, 0.25) is 0 Å². The zero-order valence-corrected chi connectivity index (χ0v) is 13.7. The molecule has 17 heavy (non-hydrogen) atoms. The van der Waals surface area contributed by atoms with Gasteiger partial charge in [0.2, 0.25) is 0 Å². The van der Waals surface area contributed by atoms with Crippen molar-refractivity contribution in [3.05, 3.63) is 33.4 Å². The van der Waals surface area contributed by atoms with Crippen LogP contribution >= 0.6 is 35.0 Å². The van der Waals surface area contributed by atoms with Crippen LogP contribution in [-0.2, 0) is 5.41 Å². The Morgan fingerprint density at radius 2 is 1.71 bits per heavy atom. The summed E-state index contributed by atoms with van der Waals surface area (Å²) >= 11 is 2.38. The summed E-state index contributed by atoms with van der Waals surface area (Å²) in [4.78, 5) is 2.36. The minimum atomic E-state index is 0. The molecule has 0 heterocycles. The third-order valence-electron chi connectivity index (χ3n) is 4.24. The fraction of sp³-hybridized carbons (Fsp3) is 0.571. The first-order valence-electron chi connectivity index (χ1n) is 5.99. The third-order valence-corrected chi connectivity index (χ3v) is 4.96. The second-order valence-electron chi connectivity index (χ2n) is 5.16. The van der Waals surface area contributed by atoms with Gasteiger partial charge in [0.05, 0.1) is 0 Å². The van der Waals surface area contributed by atoms with Crippen molar-refractivity contribution in [2.24, 2.45) is 0 Å². The second-order valence-corrected chi connectivity index (χ2v) is 6.40. The van der Waals surface area contributed by atoms with Crippen LogP contribution in [-0.4, -0.2) is 25.0 Å². The zero-order valence-electron chi connectivity index (χ0n) is 10.7. The Hall–Kier alpha value is 0.200. The topological polar surface area (TPSA) is 3.24 Å². The van der Waals surface area contributed by atoms with Gasteiger partial charge in [-0.25, -0.2) is 0 Å². The largest absolute Gasteiger partial charge is 0.306 e. The first-order chi connectivity index (χ1) is 7.56. The van der Waals surface area contributed by atoms with E-state index in [2.05, 4.69) is 72.8 Å². The summed E-state index contributed by atoms with van der Waals surface area (Å²) in [6.45, 7) is 2.36. The summed E-state index contributed by atoms with van der Waals surface area (Å²) < 4.78 is 1.33. The van der Waals surface area contributed by atoms with Gasteiger partial charge in [0, 0.05) is 15.0 Å². The maximum absolute atomic E-state index is 2.38. The van der Waals surface area contributed by atoms with Gasteiger partial charge in [0.1, 0.15) is 0 Å². The number of benzene rings is 1. The van der Waals surface area contributed by atoms with Crippen LogP contribution in [0.4, 0.5) is 0 Å². The Morgan fingerprint density at radius 1 is 1.18 bits per heavy atom. The van der Waals surface area contributed by atoms with Crippen LogP contribution < -0.4 is 0 Å². The molecule has 1 saturated carbocycles. The molecule has 0 saturated heterocycles.